The molecule has 1 rings (SSSR count). The van der Waals surface area contributed by atoms with Crippen LogP contribution in [0.1, 0.15) is 36.9 Å². The molecule has 0 unspecified atom stereocenters. The van der Waals surface area contributed by atoms with Crippen LogP contribution in [0.2, 0.25) is 0 Å². The van der Waals surface area contributed by atoms with Crippen molar-refractivity contribution in [3.63, 3.8) is 0 Å². The summed E-state index contributed by atoms with van der Waals surface area (Å²) < 4.78 is 0. The van der Waals surface area contributed by atoms with Crippen molar-refractivity contribution in [3.05, 3.63) is 33.4 Å². The van der Waals surface area contributed by atoms with Crippen LogP contribution in [-0.2, 0) is 4.79 Å². The van der Waals surface area contributed by atoms with Gasteiger partial charge in [0.15, 0.2) is 5.75 Å². The van der Waals surface area contributed by atoms with Crippen molar-refractivity contribution in [1.29, 1.82) is 0 Å². The van der Waals surface area contributed by atoms with Gasteiger partial charge < -0.3 is 15.9 Å². The number of benzene rings is 1. The van der Waals surface area contributed by atoms with Crippen LogP contribution in [0.15, 0.2) is 12.1 Å². The number of phenolic OH excluding ortho intramolecular Hbond substituents is 1. The fourth-order valence-corrected chi connectivity index (χ4v) is 1.51. The highest BCUT2D eigenvalue weighted by molar-refractivity contribution is 5.77. The third kappa shape index (κ3) is 2.57. The summed E-state index contributed by atoms with van der Waals surface area (Å²) in [7, 11) is 0. The molecule has 1 aromatic rings. The number of carbonyl (C=O) groups is 1. The van der Waals surface area contributed by atoms with Gasteiger partial charge >= 0.3 is 11.7 Å². The predicted molar refractivity (Wildman–Crippen MR) is 63.4 cm³/mol. The van der Waals surface area contributed by atoms with Crippen LogP contribution < -0.4 is 5.73 Å². The zero-order valence-corrected chi connectivity index (χ0v) is 9.95. The molecule has 0 radical (unpaired) electrons. The van der Waals surface area contributed by atoms with Crippen molar-refractivity contribution in [2.24, 2.45) is 5.73 Å². The Hall–Kier alpha value is -2.15. The summed E-state index contributed by atoms with van der Waals surface area (Å²) in [5.74, 6) is -2.11. The molecule has 0 bridgehead atoms. The lowest BCUT2D eigenvalue weighted by Crippen LogP contribution is -2.21. The predicted octanol–water partition coefficient (Wildman–Crippen LogP) is 1.51. The van der Waals surface area contributed by atoms with Crippen LogP contribution in [0.4, 0.5) is 5.69 Å². The third-order valence-electron chi connectivity index (χ3n) is 2.61. The molecule has 0 fully saturated rings. The number of hydrogen-bond donors (Lipinski definition) is 3. The van der Waals surface area contributed by atoms with E-state index in [2.05, 4.69) is 0 Å². The number of phenols is 1. The van der Waals surface area contributed by atoms with Crippen molar-refractivity contribution in [2.75, 3.05) is 0 Å². The van der Waals surface area contributed by atoms with Crippen molar-refractivity contribution in [1.82, 2.24) is 0 Å². The van der Waals surface area contributed by atoms with E-state index in [-0.39, 0.29) is 11.5 Å². The van der Waals surface area contributed by atoms with Gasteiger partial charge in [-0.15, -0.1) is 0 Å². The lowest BCUT2D eigenvalue weighted by atomic mass is 9.96. The van der Waals surface area contributed by atoms with E-state index in [9.17, 15) is 20.0 Å². The Balaban J connectivity index is 3.50. The summed E-state index contributed by atoms with van der Waals surface area (Å²) in [6.45, 7) is 3.60. The Morgan fingerprint density at radius 3 is 2.39 bits per heavy atom. The Kier molecular flexibility index (Phi) is 3.87. The Bertz CT molecular complexity index is 498. The average molecular weight is 254 g/mol. The van der Waals surface area contributed by atoms with Gasteiger partial charge in [0, 0.05) is 11.6 Å². The molecule has 0 spiro atoms. The molecule has 4 N–H and O–H groups in total. The Morgan fingerprint density at radius 2 is 2.00 bits per heavy atom. The Morgan fingerprint density at radius 1 is 1.44 bits per heavy atom. The number of carboxylic acid groups (broad SMARTS) is 1. The molecule has 1 atom stereocenters. The van der Waals surface area contributed by atoms with Crippen molar-refractivity contribution in [2.45, 2.75) is 25.8 Å². The molecule has 0 saturated carbocycles. The van der Waals surface area contributed by atoms with Crippen LogP contribution in [0, 0.1) is 10.1 Å². The van der Waals surface area contributed by atoms with E-state index < -0.39 is 28.4 Å². The van der Waals surface area contributed by atoms with Gasteiger partial charge in [0.05, 0.1) is 4.92 Å². The highest BCUT2D eigenvalue weighted by atomic mass is 16.6. The first-order valence-corrected chi connectivity index (χ1v) is 5.25. The minimum absolute atomic E-state index is 0.0518. The molecular formula is C11H14N2O5. The highest BCUT2D eigenvalue weighted by Crippen LogP contribution is 2.36. The summed E-state index contributed by atoms with van der Waals surface area (Å²) in [4.78, 5) is 20.8. The lowest BCUT2D eigenvalue weighted by molar-refractivity contribution is -0.386. The second-order valence-electron chi connectivity index (χ2n) is 4.21. The molecular weight excluding hydrogens is 240 g/mol. The van der Waals surface area contributed by atoms with E-state index in [1.807, 2.05) is 0 Å². The van der Waals surface area contributed by atoms with Crippen LogP contribution >= 0.6 is 0 Å². The molecule has 0 aliphatic carbocycles. The van der Waals surface area contributed by atoms with Gasteiger partial charge in [-0.1, -0.05) is 13.8 Å². The topological polar surface area (TPSA) is 127 Å². The maximum Gasteiger partial charge on any atom is 0.325 e. The zero-order chi connectivity index (χ0) is 14.0. The second-order valence-corrected chi connectivity index (χ2v) is 4.21. The summed E-state index contributed by atoms with van der Waals surface area (Å²) >= 11 is 0. The number of nitrogens with two attached hydrogens (primary N) is 1. The zero-order valence-electron chi connectivity index (χ0n) is 9.95. The molecule has 0 amide bonds. The maximum absolute atomic E-state index is 10.8. The van der Waals surface area contributed by atoms with Gasteiger partial charge in [-0.2, -0.15) is 0 Å². The number of nitrogens with zero attached hydrogens (tertiary/aromatic N) is 1. The van der Waals surface area contributed by atoms with Crippen LogP contribution in [0.3, 0.4) is 0 Å². The fraction of sp³-hybridized carbons (Fsp3) is 0.364. The molecule has 0 saturated heterocycles. The Labute approximate surface area is 103 Å². The molecule has 18 heavy (non-hydrogen) atoms. The summed E-state index contributed by atoms with van der Waals surface area (Å²) in [6, 6.07) is 1.10. The van der Waals surface area contributed by atoms with Crippen LogP contribution in [-0.4, -0.2) is 21.1 Å². The number of hydrogen-bond acceptors (Lipinski definition) is 5. The van der Waals surface area contributed by atoms with Crippen LogP contribution in [0.25, 0.3) is 0 Å². The second kappa shape index (κ2) is 5.01. The standard InChI is InChI=1S/C11H14N2O5/c1-5(2)6-3-7(9(12)11(15)16)10(14)8(4-6)13(17)18/h3-5,9,14H,12H2,1-2H3,(H,15,16)/t9-/m0/s1. The average Bonchev–Trinajstić information content (AvgIpc) is 2.27. The minimum Gasteiger partial charge on any atom is -0.502 e. The fourth-order valence-electron chi connectivity index (χ4n) is 1.51. The minimum atomic E-state index is -1.50. The summed E-state index contributed by atoms with van der Waals surface area (Å²) in [5, 5.41) is 29.3. The number of rotatable bonds is 4. The molecule has 98 valence electrons. The molecule has 7 nitrogen and oxygen atoms in total. The highest BCUT2D eigenvalue weighted by Gasteiger charge is 2.26. The quantitative estimate of drug-likeness (QED) is 0.552. The molecule has 0 heterocycles. The monoisotopic (exact) mass is 254 g/mol. The van der Waals surface area contributed by atoms with Crippen molar-refractivity contribution >= 4 is 11.7 Å². The van der Waals surface area contributed by atoms with E-state index in [0.717, 1.165) is 0 Å². The van der Waals surface area contributed by atoms with E-state index in [0.29, 0.717) is 5.56 Å². The van der Waals surface area contributed by atoms with Gasteiger partial charge in [-0.05, 0) is 17.5 Å². The lowest BCUT2D eigenvalue weighted by Gasteiger charge is -2.13. The summed E-state index contributed by atoms with van der Waals surface area (Å²) in [5.41, 5.74) is 5.26. The van der Waals surface area contributed by atoms with Crippen LogP contribution in [0.5, 0.6) is 5.75 Å². The van der Waals surface area contributed by atoms with Gasteiger partial charge in [0.2, 0.25) is 0 Å². The first-order valence-electron chi connectivity index (χ1n) is 5.25. The first-order chi connectivity index (χ1) is 8.25. The van der Waals surface area contributed by atoms with E-state index >= 15 is 0 Å². The van der Waals surface area contributed by atoms with Crippen molar-refractivity contribution < 1.29 is 19.9 Å². The van der Waals surface area contributed by atoms with Gasteiger partial charge in [-0.25, -0.2) is 0 Å². The van der Waals surface area contributed by atoms with E-state index in [1.54, 1.807) is 13.8 Å². The normalized spacial score (nSPS) is 12.4. The summed E-state index contributed by atoms with van der Waals surface area (Å²) in [6.07, 6.45) is 0. The SMILES string of the molecule is CC(C)c1cc([C@H](N)C(=O)O)c(O)c([N+](=O)[O-])c1. The molecule has 0 aliphatic rings. The van der Waals surface area contributed by atoms with Gasteiger partial charge in [0.1, 0.15) is 6.04 Å². The molecule has 0 aliphatic heterocycles. The third-order valence-corrected chi connectivity index (χ3v) is 2.61. The van der Waals surface area contributed by atoms with Gasteiger partial charge in [0.25, 0.3) is 0 Å². The smallest absolute Gasteiger partial charge is 0.325 e. The number of carboxylic acids is 1. The van der Waals surface area contributed by atoms with E-state index in [4.69, 9.17) is 10.8 Å². The van der Waals surface area contributed by atoms with E-state index in [1.165, 1.54) is 12.1 Å². The maximum atomic E-state index is 10.8. The number of nitro groups is 1. The first kappa shape index (κ1) is 13.9. The largest absolute Gasteiger partial charge is 0.502 e. The molecule has 7 heteroatoms. The number of nitro benzene ring substituents is 1. The number of aromatic hydroxyl groups is 1. The molecule has 1 aromatic carbocycles. The van der Waals surface area contributed by atoms with Crippen molar-refractivity contribution in [3.8, 4) is 5.75 Å². The van der Waals surface area contributed by atoms with Gasteiger partial charge in [-0.3, -0.25) is 14.9 Å². The number of aliphatic carboxylic acids is 1. The molecule has 0 aromatic heterocycles.